The zero-order chi connectivity index (χ0) is 57.6. The van der Waals surface area contributed by atoms with Gasteiger partial charge < -0.3 is 99.5 Å². The highest BCUT2D eigenvalue weighted by Gasteiger charge is 2.72. The Labute approximate surface area is 452 Å². The normalized spacial score (nSPS) is 48.8. The highest BCUT2D eigenvalue weighted by molar-refractivity contribution is 5.79. The Morgan fingerprint density at radius 2 is 1.22 bits per heavy atom. The first-order chi connectivity index (χ1) is 36.2. The van der Waals surface area contributed by atoms with Crippen molar-refractivity contribution < 1.29 is 119 Å². The highest BCUT2D eigenvalue weighted by atomic mass is 16.7. The van der Waals surface area contributed by atoms with Gasteiger partial charge in [-0.15, -0.1) is 0 Å². The average molecular weight is 1120 g/mol. The molecule has 0 radical (unpaired) electrons. The van der Waals surface area contributed by atoms with Crippen LogP contribution >= 0.6 is 0 Å². The maximum absolute atomic E-state index is 15.1. The van der Waals surface area contributed by atoms with Crippen LogP contribution in [-0.4, -0.2) is 214 Å². The summed E-state index contributed by atoms with van der Waals surface area (Å²) in [5.41, 5.74) is -5.04. The number of hydrogen-bond donors (Lipinski definition) is 13. The molecule has 0 spiro atoms. The summed E-state index contributed by atoms with van der Waals surface area (Å²) in [5, 5.41) is 138. The molecule has 7 fully saturated rings. The monoisotopic (exact) mass is 1120 g/mol. The van der Waals surface area contributed by atoms with Gasteiger partial charge in [0, 0.05) is 0 Å². The van der Waals surface area contributed by atoms with Crippen molar-refractivity contribution in [3.05, 3.63) is 11.6 Å². The summed E-state index contributed by atoms with van der Waals surface area (Å²) in [6.45, 7) is 11.7. The second kappa shape index (κ2) is 22.0. The molecule has 444 valence electrons. The Morgan fingerprint density at radius 1 is 0.654 bits per heavy atom. The highest BCUT2D eigenvalue weighted by Crippen LogP contribution is 2.76. The van der Waals surface area contributed by atoms with Crippen LogP contribution in [0.25, 0.3) is 0 Å². The first-order valence-electron chi connectivity index (χ1n) is 27.4. The molecule has 4 saturated carbocycles. The van der Waals surface area contributed by atoms with Gasteiger partial charge in [0.05, 0.1) is 48.6 Å². The van der Waals surface area contributed by atoms with Crippen molar-refractivity contribution in [2.45, 2.75) is 229 Å². The van der Waals surface area contributed by atoms with Crippen LogP contribution in [0.4, 0.5) is 0 Å². The summed E-state index contributed by atoms with van der Waals surface area (Å²) in [4.78, 5) is 52.3. The molecule has 25 atom stereocenters. The molecule has 78 heavy (non-hydrogen) atoms. The van der Waals surface area contributed by atoms with Crippen LogP contribution in [0, 0.1) is 50.2 Å². The van der Waals surface area contributed by atoms with Crippen LogP contribution in [0.3, 0.4) is 0 Å². The number of esters is 2. The van der Waals surface area contributed by atoms with Crippen molar-refractivity contribution in [3.63, 3.8) is 0 Å². The summed E-state index contributed by atoms with van der Waals surface area (Å²) in [5.74, 6) is -4.93. The summed E-state index contributed by atoms with van der Waals surface area (Å²) >= 11 is 0. The molecule has 0 aromatic heterocycles. The van der Waals surface area contributed by atoms with Gasteiger partial charge in [0.25, 0.3) is 0 Å². The van der Waals surface area contributed by atoms with E-state index in [0.29, 0.717) is 57.8 Å². The zero-order valence-electron chi connectivity index (χ0n) is 45.5. The molecule has 3 heterocycles. The number of hydrogen-bond acceptors (Lipinski definition) is 22. The predicted molar refractivity (Wildman–Crippen MR) is 264 cm³/mol. The van der Waals surface area contributed by atoms with E-state index in [-0.39, 0.29) is 29.1 Å². The van der Waals surface area contributed by atoms with E-state index in [1.807, 2.05) is 0 Å². The lowest BCUT2D eigenvalue weighted by atomic mass is 9.33. The molecule has 3 saturated heterocycles. The fraction of sp³-hybridized carbons (Fsp3) is 0.889. The molecule has 0 aromatic rings. The van der Waals surface area contributed by atoms with Crippen molar-refractivity contribution in [1.82, 2.24) is 0 Å². The van der Waals surface area contributed by atoms with Gasteiger partial charge in [-0.1, -0.05) is 46.3 Å². The number of carboxylic acids is 2. The lowest BCUT2D eigenvalue weighted by molar-refractivity contribution is -0.329. The van der Waals surface area contributed by atoms with Gasteiger partial charge in [-0.2, -0.15) is 0 Å². The van der Waals surface area contributed by atoms with Crippen LogP contribution in [0.15, 0.2) is 11.6 Å². The van der Waals surface area contributed by atoms with Crippen molar-refractivity contribution >= 4 is 23.9 Å². The fourth-order valence-corrected chi connectivity index (χ4v) is 15.8. The topological polar surface area (TPSA) is 396 Å². The lowest BCUT2D eigenvalue weighted by Gasteiger charge is -2.71. The van der Waals surface area contributed by atoms with Gasteiger partial charge in [0.15, 0.2) is 12.6 Å². The molecule has 3 aliphatic heterocycles. The number of aliphatic carboxylic acids is 2. The van der Waals surface area contributed by atoms with E-state index >= 15 is 4.79 Å². The number of carbonyl (C=O) groups is 4. The average Bonchev–Trinajstić information content (AvgIpc) is 3.37. The van der Waals surface area contributed by atoms with Gasteiger partial charge in [0.1, 0.15) is 79.9 Å². The van der Waals surface area contributed by atoms with E-state index in [1.54, 1.807) is 6.92 Å². The van der Waals surface area contributed by atoms with E-state index < -0.39 is 188 Å². The van der Waals surface area contributed by atoms with E-state index in [0.717, 1.165) is 12.5 Å². The van der Waals surface area contributed by atoms with E-state index in [1.165, 1.54) is 0 Å². The molecule has 0 unspecified atom stereocenters. The second-order valence-electron chi connectivity index (χ2n) is 26.0. The lowest BCUT2D eigenvalue weighted by Crippen LogP contribution is -2.67. The Bertz CT molecular complexity index is 2260. The summed E-state index contributed by atoms with van der Waals surface area (Å²) in [7, 11) is 0. The van der Waals surface area contributed by atoms with E-state index in [9.17, 15) is 75.7 Å². The van der Waals surface area contributed by atoms with Crippen molar-refractivity contribution in [2.75, 3.05) is 19.8 Å². The minimum Gasteiger partial charge on any atom is -0.481 e. The predicted octanol–water partition coefficient (Wildman–Crippen LogP) is -0.628. The molecular formula is C54H84O24. The van der Waals surface area contributed by atoms with Gasteiger partial charge in [-0.3, -0.25) is 19.2 Å². The van der Waals surface area contributed by atoms with Crippen LogP contribution < -0.4 is 0 Å². The van der Waals surface area contributed by atoms with Crippen molar-refractivity contribution in [1.29, 1.82) is 0 Å². The SMILES string of the molecule is CC1(C)CC[C@]2(C(=O)O[C@@H]3O[C@H](CO[C@@H]4O[C@H](COC(=O)C[C@@](C)(O)CC(=O)O)[C@@H](O)[C@H](O)[C@H]4O)[C@@H](O)[C@H](O)[C@H]3O)CC[C@]3(C)C(=CC[C@@H]4[C@@]5(C)CC[C@H](O[C@@H]6O[C@H](CO)[C@@H](O)[C@H](O)[C@H]6O)[C@@](C)(C(=O)O)[C@@H]5CC[C@]43C)[C@@H]2C1. The number of ether oxygens (including phenoxy) is 7. The molecular weight excluding hydrogens is 1030 g/mol. The number of allylic oxidation sites excluding steroid dienone is 2. The summed E-state index contributed by atoms with van der Waals surface area (Å²) in [6, 6.07) is 0. The van der Waals surface area contributed by atoms with Gasteiger partial charge in [-0.25, -0.2) is 0 Å². The molecule has 5 aliphatic carbocycles. The number of fused-ring (bicyclic) bond motifs is 7. The second-order valence-corrected chi connectivity index (χ2v) is 26.0. The minimum atomic E-state index is -1.97. The maximum atomic E-state index is 15.1. The summed E-state index contributed by atoms with van der Waals surface area (Å²) < 4.78 is 40.5. The molecule has 13 N–H and O–H groups in total. The van der Waals surface area contributed by atoms with Gasteiger partial charge >= 0.3 is 23.9 Å². The largest absolute Gasteiger partial charge is 0.481 e. The number of aliphatic hydroxyl groups is 11. The Kier molecular flexibility index (Phi) is 17.2. The summed E-state index contributed by atoms with van der Waals surface area (Å²) in [6.07, 6.45) is -20.7. The zero-order valence-corrected chi connectivity index (χ0v) is 45.5. The third kappa shape index (κ3) is 10.5. The van der Waals surface area contributed by atoms with Gasteiger partial charge in [-0.05, 0) is 117 Å². The van der Waals surface area contributed by atoms with Crippen LogP contribution in [0.2, 0.25) is 0 Å². The first-order valence-corrected chi connectivity index (χ1v) is 27.4. The number of rotatable bonds is 15. The maximum Gasteiger partial charge on any atom is 0.315 e. The Morgan fingerprint density at radius 3 is 1.83 bits per heavy atom. The standard InChI is InChI=1S/C54H84O24/c1-48(2)14-16-54(47(70)78-45-42(67)39(64)36(61)28(76-45)23-73-43-40(65)38(63)35(60)27(75-43)22-72-33(58)20-49(3,71)19-32(56)57)17-15-51(5)24(25(54)18-48)8-9-29-50(4)12-11-31(53(7,46(68)69)30(50)10-13-52(29,51)6)77-44-41(66)37(62)34(59)26(21-55)74-44/h8,25-31,34-45,55,59-67,71H,9-23H2,1-7H3,(H,56,57)(H,68,69)/t25-,26+,27+,28+,29+,30+,31-,34+,35+,36+,37-,38-,39-,40+,41+,42+,43+,44-,45-,49-,50+,51+,52+,53-,54-/m0/s1. The van der Waals surface area contributed by atoms with E-state index in [2.05, 4.69) is 40.7 Å². The molecule has 0 bridgehead atoms. The Balaban J connectivity index is 0.979. The van der Waals surface area contributed by atoms with Gasteiger partial charge in [0.2, 0.25) is 6.29 Å². The molecule has 8 rings (SSSR count). The molecule has 8 aliphatic rings. The van der Waals surface area contributed by atoms with E-state index in [4.69, 9.17) is 38.3 Å². The molecule has 0 amide bonds. The fourth-order valence-electron chi connectivity index (χ4n) is 15.8. The van der Waals surface area contributed by atoms with Crippen LogP contribution in [0.5, 0.6) is 0 Å². The van der Waals surface area contributed by atoms with Crippen LogP contribution in [-0.2, 0) is 52.3 Å². The molecule has 0 aromatic carbocycles. The van der Waals surface area contributed by atoms with Crippen molar-refractivity contribution in [3.8, 4) is 0 Å². The van der Waals surface area contributed by atoms with Crippen LogP contribution in [0.1, 0.15) is 126 Å². The minimum absolute atomic E-state index is 0.0178. The van der Waals surface area contributed by atoms with Crippen molar-refractivity contribution in [2.24, 2.45) is 50.2 Å². The number of carboxylic acid groups (broad SMARTS) is 2. The third-order valence-electron chi connectivity index (χ3n) is 20.7. The molecule has 24 nitrogen and oxygen atoms in total. The number of carbonyl (C=O) groups excluding carboxylic acids is 2. The smallest absolute Gasteiger partial charge is 0.315 e. The quantitative estimate of drug-likeness (QED) is 0.0552. The third-order valence-corrected chi connectivity index (χ3v) is 20.7. The first kappa shape index (κ1) is 61.1. The Hall–Kier alpha value is -3.02. The number of aliphatic hydroxyl groups excluding tert-OH is 10. The molecule has 24 heteroatoms.